The second-order valence-electron chi connectivity index (χ2n) is 8.69. The summed E-state index contributed by atoms with van der Waals surface area (Å²) in [5.74, 6) is 0.321. The molecule has 34 heavy (non-hydrogen) atoms. The van der Waals surface area contributed by atoms with E-state index in [0.29, 0.717) is 25.3 Å². The molecule has 8 heteroatoms. The number of carbonyl (C=O) groups excluding carboxylic acids is 2. The molecule has 0 radical (unpaired) electrons. The van der Waals surface area contributed by atoms with Crippen LogP contribution in [0.25, 0.3) is 0 Å². The first-order chi connectivity index (χ1) is 16.5. The number of anilines is 2. The number of carbonyl (C=O) groups is 2. The molecule has 2 atom stereocenters. The van der Waals surface area contributed by atoms with Gasteiger partial charge in [-0.05, 0) is 54.4 Å². The van der Waals surface area contributed by atoms with Crippen molar-refractivity contribution in [3.63, 3.8) is 0 Å². The molecule has 178 valence electrons. The van der Waals surface area contributed by atoms with Crippen LogP contribution in [0.2, 0.25) is 0 Å². The van der Waals surface area contributed by atoms with Gasteiger partial charge in [0.25, 0.3) is 0 Å². The summed E-state index contributed by atoms with van der Waals surface area (Å²) in [6, 6.07) is 15.6. The maximum Gasteiger partial charge on any atom is 0.407 e. The van der Waals surface area contributed by atoms with Crippen LogP contribution in [0.1, 0.15) is 47.4 Å². The van der Waals surface area contributed by atoms with Gasteiger partial charge in [0.15, 0.2) is 0 Å². The van der Waals surface area contributed by atoms with E-state index in [9.17, 15) is 9.59 Å². The number of nitrogen functional groups attached to an aromatic ring is 1. The maximum absolute atomic E-state index is 12.6. The van der Waals surface area contributed by atoms with Crippen molar-refractivity contribution in [3.05, 3.63) is 76.4 Å². The Morgan fingerprint density at radius 2 is 2.00 bits per heavy atom. The van der Waals surface area contributed by atoms with Gasteiger partial charge in [0.05, 0.1) is 24.5 Å². The van der Waals surface area contributed by atoms with Gasteiger partial charge in [0, 0.05) is 17.5 Å². The normalized spacial score (nSPS) is 15.7. The monoisotopic (exact) mass is 478 g/mol. The van der Waals surface area contributed by atoms with Gasteiger partial charge < -0.3 is 21.1 Å². The lowest BCUT2D eigenvalue weighted by atomic mass is 9.89. The number of nitrogens with one attached hydrogen (secondary N) is 2. The number of pyridine rings is 1. The molecule has 0 bridgehead atoms. The van der Waals surface area contributed by atoms with E-state index in [-0.39, 0.29) is 17.7 Å². The van der Waals surface area contributed by atoms with Crippen LogP contribution in [-0.4, -0.2) is 23.6 Å². The van der Waals surface area contributed by atoms with Crippen molar-refractivity contribution in [1.82, 2.24) is 10.3 Å². The third-order valence-electron chi connectivity index (χ3n) is 6.11. The van der Waals surface area contributed by atoms with Crippen LogP contribution in [0.4, 0.5) is 15.5 Å². The van der Waals surface area contributed by atoms with Gasteiger partial charge in [-0.25, -0.2) is 4.79 Å². The number of hydrogen-bond acceptors (Lipinski definition) is 6. The molecule has 2 heterocycles. The number of benzene rings is 1. The highest BCUT2D eigenvalue weighted by Crippen LogP contribution is 2.41. The van der Waals surface area contributed by atoms with E-state index in [1.54, 1.807) is 6.20 Å². The number of nitrogens with two attached hydrogens (primary N) is 1. The first kappa shape index (κ1) is 23.8. The van der Waals surface area contributed by atoms with Gasteiger partial charge in [0.2, 0.25) is 5.91 Å². The van der Waals surface area contributed by atoms with Crippen molar-refractivity contribution in [1.29, 1.82) is 0 Å². The van der Waals surface area contributed by atoms with Crippen molar-refractivity contribution in [2.24, 2.45) is 5.92 Å². The molecule has 1 aliphatic carbocycles. The molecule has 4 rings (SSSR count). The molecular weight excluding hydrogens is 448 g/mol. The molecule has 0 saturated carbocycles. The lowest BCUT2D eigenvalue weighted by molar-refractivity contribution is -0.116. The number of fused-ring (bicyclic) bond motifs is 1. The Labute approximate surface area is 203 Å². The predicted octanol–water partition coefficient (Wildman–Crippen LogP) is 4.89. The van der Waals surface area contributed by atoms with E-state index in [0.717, 1.165) is 46.0 Å². The molecular formula is C26H30N4O3S. The Balaban J connectivity index is 1.26. The van der Waals surface area contributed by atoms with Crippen LogP contribution < -0.4 is 16.4 Å². The van der Waals surface area contributed by atoms with Gasteiger partial charge >= 0.3 is 6.09 Å². The Morgan fingerprint density at radius 3 is 2.76 bits per heavy atom. The van der Waals surface area contributed by atoms with Crippen LogP contribution in [-0.2, 0) is 28.9 Å². The summed E-state index contributed by atoms with van der Waals surface area (Å²) >= 11 is 1.54. The third-order valence-corrected chi connectivity index (χ3v) is 7.30. The Kier molecular flexibility index (Phi) is 7.80. The van der Waals surface area contributed by atoms with Crippen molar-refractivity contribution >= 4 is 34.0 Å². The average Bonchev–Trinajstić information content (AvgIpc) is 3.16. The van der Waals surface area contributed by atoms with Crippen LogP contribution in [0.3, 0.4) is 0 Å². The van der Waals surface area contributed by atoms with E-state index >= 15 is 0 Å². The number of alkyl carbamates (subject to hydrolysis) is 1. The van der Waals surface area contributed by atoms with E-state index < -0.39 is 6.09 Å². The molecule has 4 N–H and O–H groups in total. The zero-order valence-electron chi connectivity index (χ0n) is 19.3. The van der Waals surface area contributed by atoms with Gasteiger partial charge in [-0.2, -0.15) is 0 Å². The maximum atomic E-state index is 12.6. The van der Waals surface area contributed by atoms with Crippen LogP contribution in [0.15, 0.2) is 54.7 Å². The number of thiophene rings is 1. The largest absolute Gasteiger partial charge is 0.449 e. The van der Waals surface area contributed by atoms with Gasteiger partial charge in [-0.1, -0.05) is 43.3 Å². The standard InChI is InChI=1S/C26H30N4O3S/c1-17(19-7-3-2-4-8-19)13-23(31)30-25-24(27)21-11-10-18(14-22(21)34-25)16-33-26(32)29-15-20-9-5-6-12-28-20/h2-9,12,17-18H,10-11,13-16,27H2,1H3,(H,29,32)(H,30,31). The summed E-state index contributed by atoms with van der Waals surface area (Å²) in [4.78, 5) is 30.0. The number of rotatable bonds is 8. The Hall–Kier alpha value is -3.39. The van der Waals surface area contributed by atoms with Crippen LogP contribution >= 0.6 is 11.3 Å². The summed E-state index contributed by atoms with van der Waals surface area (Å²) in [6.45, 7) is 2.73. The van der Waals surface area contributed by atoms with Crippen LogP contribution in [0.5, 0.6) is 0 Å². The first-order valence-corrected chi connectivity index (χ1v) is 12.4. The highest BCUT2D eigenvalue weighted by Gasteiger charge is 2.26. The molecule has 0 aliphatic heterocycles. The minimum atomic E-state index is -0.442. The lowest BCUT2D eigenvalue weighted by Crippen LogP contribution is -2.28. The average molecular weight is 479 g/mol. The molecule has 2 amide bonds. The Bertz CT molecular complexity index is 1120. The lowest BCUT2D eigenvalue weighted by Gasteiger charge is -2.22. The minimum absolute atomic E-state index is 0.0360. The summed E-state index contributed by atoms with van der Waals surface area (Å²) in [7, 11) is 0. The molecule has 2 unspecified atom stereocenters. The first-order valence-electron chi connectivity index (χ1n) is 11.5. The highest BCUT2D eigenvalue weighted by molar-refractivity contribution is 7.17. The molecule has 0 spiro atoms. The topological polar surface area (TPSA) is 106 Å². The fraction of sp³-hybridized carbons (Fsp3) is 0.346. The fourth-order valence-corrected chi connectivity index (χ4v) is 5.48. The zero-order chi connectivity index (χ0) is 23.9. The van der Waals surface area contributed by atoms with E-state index in [2.05, 4.69) is 22.5 Å². The number of nitrogens with zero attached hydrogens (tertiary/aromatic N) is 1. The molecule has 0 saturated heterocycles. The molecule has 1 aliphatic rings. The predicted molar refractivity (Wildman–Crippen MR) is 135 cm³/mol. The quantitative estimate of drug-likeness (QED) is 0.427. The number of hydrogen-bond donors (Lipinski definition) is 3. The molecule has 2 aromatic heterocycles. The second kappa shape index (κ2) is 11.2. The number of aromatic nitrogens is 1. The molecule has 1 aromatic carbocycles. The van der Waals surface area contributed by atoms with Gasteiger partial charge in [-0.3, -0.25) is 9.78 Å². The summed E-state index contributed by atoms with van der Waals surface area (Å²) in [5.41, 5.74) is 10.1. The smallest absolute Gasteiger partial charge is 0.407 e. The van der Waals surface area contributed by atoms with Gasteiger partial charge in [0.1, 0.15) is 5.00 Å². The van der Waals surface area contributed by atoms with Crippen molar-refractivity contribution in [2.45, 2.75) is 45.1 Å². The van der Waals surface area contributed by atoms with E-state index in [1.165, 1.54) is 11.3 Å². The SMILES string of the molecule is CC(CC(=O)Nc1sc2c(c1N)CCC(COC(=O)NCc1ccccn1)C2)c1ccccc1. The second-order valence-corrected chi connectivity index (χ2v) is 9.80. The van der Waals surface area contributed by atoms with Crippen molar-refractivity contribution in [3.8, 4) is 0 Å². The summed E-state index contributed by atoms with van der Waals surface area (Å²) < 4.78 is 5.43. The van der Waals surface area contributed by atoms with Crippen LogP contribution in [0, 0.1) is 5.92 Å². The van der Waals surface area contributed by atoms with Gasteiger partial charge in [-0.15, -0.1) is 11.3 Å². The fourth-order valence-electron chi connectivity index (χ4n) is 4.18. The Morgan fingerprint density at radius 1 is 1.21 bits per heavy atom. The van der Waals surface area contributed by atoms with E-state index in [4.69, 9.17) is 10.5 Å². The third kappa shape index (κ3) is 6.14. The zero-order valence-corrected chi connectivity index (χ0v) is 20.1. The van der Waals surface area contributed by atoms with Crippen molar-refractivity contribution in [2.75, 3.05) is 17.7 Å². The van der Waals surface area contributed by atoms with E-state index in [1.807, 2.05) is 48.5 Å². The number of amides is 2. The molecule has 0 fully saturated rings. The van der Waals surface area contributed by atoms with Crippen molar-refractivity contribution < 1.29 is 14.3 Å². The molecule has 3 aromatic rings. The summed E-state index contributed by atoms with van der Waals surface area (Å²) in [5, 5.41) is 6.48. The minimum Gasteiger partial charge on any atom is -0.449 e. The highest BCUT2D eigenvalue weighted by atomic mass is 32.1. The number of ether oxygens (including phenoxy) is 1. The summed E-state index contributed by atoms with van der Waals surface area (Å²) in [6.07, 6.45) is 4.14. The molecule has 7 nitrogen and oxygen atoms in total.